The van der Waals surface area contributed by atoms with Crippen LogP contribution in [-0.2, 0) is 12.8 Å². The quantitative estimate of drug-likeness (QED) is 0.326. The molecule has 0 aliphatic heterocycles. The highest BCUT2D eigenvalue weighted by molar-refractivity contribution is 5.01. The molecule has 0 aliphatic rings. The van der Waals surface area contributed by atoms with Crippen molar-refractivity contribution in [2.75, 3.05) is 0 Å². The first kappa shape index (κ1) is 20.3. The van der Waals surface area contributed by atoms with Crippen molar-refractivity contribution in [1.82, 2.24) is 9.97 Å². The number of nitrogens with one attached hydrogen (secondary N) is 1. The third-order valence-corrected chi connectivity index (χ3v) is 4.74. The third kappa shape index (κ3) is 11.4. The van der Waals surface area contributed by atoms with Crippen molar-refractivity contribution >= 4 is 0 Å². The molecule has 0 atom stereocenters. The second kappa shape index (κ2) is 14.8. The molecule has 0 radical (unpaired) electrons. The molecule has 0 saturated carbocycles. The van der Waals surface area contributed by atoms with Crippen LogP contribution in [0.3, 0.4) is 0 Å². The number of rotatable bonds is 16. The van der Waals surface area contributed by atoms with Gasteiger partial charge in [0.1, 0.15) is 5.82 Å². The average Bonchev–Trinajstić information content (AvgIpc) is 3.02. The molecule has 0 amide bonds. The van der Waals surface area contributed by atoms with Crippen molar-refractivity contribution in [2.45, 2.75) is 117 Å². The van der Waals surface area contributed by atoms with Gasteiger partial charge in [-0.15, -0.1) is 0 Å². The predicted molar refractivity (Wildman–Crippen MR) is 102 cm³/mol. The number of nitrogens with zero attached hydrogens (tertiary/aromatic N) is 1. The summed E-state index contributed by atoms with van der Waals surface area (Å²) in [4.78, 5) is 8.00. The van der Waals surface area contributed by atoms with Gasteiger partial charge in [0, 0.05) is 12.6 Å². The van der Waals surface area contributed by atoms with Crippen LogP contribution in [0.5, 0.6) is 0 Å². The molecule has 134 valence electrons. The van der Waals surface area contributed by atoms with Crippen LogP contribution in [0.2, 0.25) is 0 Å². The summed E-state index contributed by atoms with van der Waals surface area (Å²) in [6.07, 6.45) is 23.9. The summed E-state index contributed by atoms with van der Waals surface area (Å²) in [6, 6.07) is 0. The van der Waals surface area contributed by atoms with Crippen LogP contribution < -0.4 is 0 Å². The van der Waals surface area contributed by atoms with Gasteiger partial charge < -0.3 is 4.98 Å². The first-order valence-electron chi connectivity index (χ1n) is 10.4. The zero-order valence-corrected chi connectivity index (χ0v) is 15.8. The number of hydrogen-bond donors (Lipinski definition) is 1. The van der Waals surface area contributed by atoms with E-state index in [9.17, 15) is 0 Å². The third-order valence-electron chi connectivity index (χ3n) is 4.74. The van der Waals surface area contributed by atoms with E-state index in [2.05, 4.69) is 30.0 Å². The van der Waals surface area contributed by atoms with Gasteiger partial charge in [0.15, 0.2) is 0 Å². The zero-order chi connectivity index (χ0) is 16.6. The molecule has 1 aromatic rings. The largest absolute Gasteiger partial charge is 0.348 e. The molecule has 1 rings (SSSR count). The van der Waals surface area contributed by atoms with Crippen molar-refractivity contribution in [3.8, 4) is 0 Å². The van der Waals surface area contributed by atoms with Gasteiger partial charge in [0.2, 0.25) is 0 Å². The van der Waals surface area contributed by atoms with E-state index >= 15 is 0 Å². The fourth-order valence-electron chi connectivity index (χ4n) is 3.15. The van der Waals surface area contributed by atoms with Gasteiger partial charge >= 0.3 is 0 Å². The predicted octanol–water partition coefficient (Wildman–Crippen LogP) is 7.00. The lowest BCUT2D eigenvalue weighted by Gasteiger charge is -2.02. The molecular formula is C21H40N2. The Morgan fingerprint density at radius 1 is 0.652 bits per heavy atom. The molecule has 0 bridgehead atoms. The van der Waals surface area contributed by atoms with E-state index in [0.29, 0.717) is 0 Å². The molecule has 23 heavy (non-hydrogen) atoms. The Labute approximate surface area is 144 Å². The van der Waals surface area contributed by atoms with Crippen molar-refractivity contribution in [1.29, 1.82) is 0 Å². The highest BCUT2D eigenvalue weighted by atomic mass is 14.9. The Hall–Kier alpha value is -0.790. The fraction of sp³-hybridized carbons (Fsp3) is 0.857. The second-order valence-corrected chi connectivity index (χ2v) is 7.08. The molecule has 0 aliphatic carbocycles. The van der Waals surface area contributed by atoms with E-state index in [0.717, 1.165) is 12.8 Å². The minimum absolute atomic E-state index is 1.11. The summed E-state index contributed by atoms with van der Waals surface area (Å²) >= 11 is 0. The van der Waals surface area contributed by atoms with Crippen LogP contribution in [0.1, 0.15) is 115 Å². The Kier molecular flexibility index (Phi) is 13.0. The minimum Gasteiger partial charge on any atom is -0.348 e. The van der Waals surface area contributed by atoms with Crippen molar-refractivity contribution < 1.29 is 0 Å². The lowest BCUT2D eigenvalue weighted by molar-refractivity contribution is 0.543. The molecule has 0 fully saturated rings. The standard InChI is InChI=1S/C21H40N2/c1-3-5-7-8-9-10-11-12-13-14-15-16-17-20-19-22-21(23-20)18-6-4-2/h19H,3-18H2,1-2H3,(H,22,23). The van der Waals surface area contributed by atoms with E-state index in [1.54, 1.807) is 0 Å². The van der Waals surface area contributed by atoms with E-state index in [4.69, 9.17) is 0 Å². The fourth-order valence-corrected chi connectivity index (χ4v) is 3.15. The molecule has 2 heteroatoms. The molecule has 0 aromatic carbocycles. The minimum atomic E-state index is 1.11. The number of H-pyrrole nitrogens is 1. The first-order valence-corrected chi connectivity index (χ1v) is 10.4. The maximum atomic E-state index is 4.68. The number of aryl methyl sites for hydroxylation is 2. The number of hydrogen-bond acceptors (Lipinski definition) is 1. The molecular weight excluding hydrogens is 280 g/mol. The molecule has 1 aromatic heterocycles. The van der Waals surface area contributed by atoms with Crippen LogP contribution in [0, 0.1) is 0 Å². The van der Waals surface area contributed by atoms with Gasteiger partial charge in [0.25, 0.3) is 0 Å². The maximum absolute atomic E-state index is 4.68. The van der Waals surface area contributed by atoms with Gasteiger partial charge in [-0.1, -0.05) is 90.9 Å². The zero-order valence-electron chi connectivity index (χ0n) is 15.8. The smallest absolute Gasteiger partial charge is 0.106 e. The SMILES string of the molecule is CCCCCCCCCCCCCCc1c[nH]c(CCCC)n1. The van der Waals surface area contributed by atoms with Gasteiger partial charge in [-0.3, -0.25) is 0 Å². The monoisotopic (exact) mass is 320 g/mol. The van der Waals surface area contributed by atoms with E-state index < -0.39 is 0 Å². The second-order valence-electron chi connectivity index (χ2n) is 7.08. The van der Waals surface area contributed by atoms with E-state index in [1.165, 1.54) is 101 Å². The van der Waals surface area contributed by atoms with Gasteiger partial charge in [-0.2, -0.15) is 0 Å². The van der Waals surface area contributed by atoms with Gasteiger partial charge in [-0.05, 0) is 19.3 Å². The molecule has 0 unspecified atom stereocenters. The molecule has 2 nitrogen and oxygen atoms in total. The van der Waals surface area contributed by atoms with E-state index in [1.807, 2.05) is 0 Å². The number of unbranched alkanes of at least 4 members (excludes halogenated alkanes) is 12. The normalized spacial score (nSPS) is 11.2. The van der Waals surface area contributed by atoms with Gasteiger partial charge in [0.05, 0.1) is 5.69 Å². The Morgan fingerprint density at radius 3 is 1.74 bits per heavy atom. The summed E-state index contributed by atoms with van der Waals surface area (Å²) in [5.74, 6) is 1.18. The van der Waals surface area contributed by atoms with Crippen molar-refractivity contribution in [3.63, 3.8) is 0 Å². The van der Waals surface area contributed by atoms with E-state index in [-0.39, 0.29) is 0 Å². The number of aromatic amines is 1. The van der Waals surface area contributed by atoms with Crippen LogP contribution in [-0.4, -0.2) is 9.97 Å². The highest BCUT2D eigenvalue weighted by Crippen LogP contribution is 2.13. The highest BCUT2D eigenvalue weighted by Gasteiger charge is 2.01. The topological polar surface area (TPSA) is 28.7 Å². The number of imidazole rings is 1. The Bertz CT molecular complexity index is 356. The van der Waals surface area contributed by atoms with Crippen LogP contribution >= 0.6 is 0 Å². The average molecular weight is 321 g/mol. The van der Waals surface area contributed by atoms with Crippen LogP contribution in [0.25, 0.3) is 0 Å². The molecule has 1 heterocycles. The molecule has 1 N–H and O–H groups in total. The molecule has 0 spiro atoms. The summed E-state index contributed by atoms with van der Waals surface area (Å²) in [5.41, 5.74) is 1.27. The number of aromatic nitrogens is 2. The Morgan fingerprint density at radius 2 is 1.17 bits per heavy atom. The lowest BCUT2D eigenvalue weighted by atomic mass is 10.0. The maximum Gasteiger partial charge on any atom is 0.106 e. The van der Waals surface area contributed by atoms with Crippen molar-refractivity contribution in [3.05, 3.63) is 17.7 Å². The lowest BCUT2D eigenvalue weighted by Crippen LogP contribution is -1.90. The first-order chi connectivity index (χ1) is 11.4. The molecule has 0 saturated heterocycles. The van der Waals surface area contributed by atoms with Crippen LogP contribution in [0.15, 0.2) is 6.20 Å². The summed E-state index contributed by atoms with van der Waals surface area (Å²) in [7, 11) is 0. The summed E-state index contributed by atoms with van der Waals surface area (Å²) in [5, 5.41) is 0. The summed E-state index contributed by atoms with van der Waals surface area (Å²) in [6.45, 7) is 4.52. The van der Waals surface area contributed by atoms with Crippen molar-refractivity contribution in [2.24, 2.45) is 0 Å². The Balaban J connectivity index is 1.85. The summed E-state index contributed by atoms with van der Waals surface area (Å²) < 4.78 is 0. The van der Waals surface area contributed by atoms with Crippen LogP contribution in [0.4, 0.5) is 0 Å². The van der Waals surface area contributed by atoms with Gasteiger partial charge in [-0.25, -0.2) is 4.98 Å².